The molecule has 1 aromatic carbocycles. The molecule has 0 atom stereocenters. The van der Waals surface area contributed by atoms with Crippen molar-refractivity contribution in [3.05, 3.63) is 57.3 Å². The third kappa shape index (κ3) is 3.68. The highest BCUT2D eigenvalue weighted by atomic mass is 32.1. The number of aromatic carboxylic acids is 1. The van der Waals surface area contributed by atoms with Gasteiger partial charge in [0.1, 0.15) is 4.88 Å². The Morgan fingerprint density at radius 1 is 1.25 bits per heavy atom. The first-order valence-electron chi connectivity index (χ1n) is 6.69. The van der Waals surface area contributed by atoms with Crippen molar-refractivity contribution in [2.24, 2.45) is 0 Å². The molecule has 3 nitrogen and oxygen atoms in total. The Balaban J connectivity index is 2.08. The van der Waals surface area contributed by atoms with Gasteiger partial charge >= 0.3 is 5.97 Å². The molecule has 0 aliphatic carbocycles. The van der Waals surface area contributed by atoms with E-state index in [-0.39, 0.29) is 0 Å². The number of nitrogens with zero attached hydrogens (tertiary/aromatic N) is 1. The lowest BCUT2D eigenvalue weighted by Crippen LogP contribution is -2.22. The zero-order valence-electron chi connectivity index (χ0n) is 11.8. The molecule has 2 rings (SSSR count). The standard InChI is InChI=1S/C16H19NO2S/c1-3-17(10-13-7-5-4-6-8-13)11-14-9-15(16(18)19)20-12(14)2/h4-9H,3,10-11H2,1-2H3,(H,18,19). The topological polar surface area (TPSA) is 40.5 Å². The smallest absolute Gasteiger partial charge is 0.345 e. The van der Waals surface area contributed by atoms with Crippen molar-refractivity contribution in [1.29, 1.82) is 0 Å². The zero-order valence-corrected chi connectivity index (χ0v) is 12.6. The second kappa shape index (κ2) is 6.68. The van der Waals surface area contributed by atoms with Crippen LogP contribution in [0.5, 0.6) is 0 Å². The van der Waals surface area contributed by atoms with Gasteiger partial charge in [0.15, 0.2) is 0 Å². The van der Waals surface area contributed by atoms with Crippen molar-refractivity contribution in [2.75, 3.05) is 6.54 Å². The van der Waals surface area contributed by atoms with Crippen molar-refractivity contribution >= 4 is 17.3 Å². The maximum atomic E-state index is 11.0. The summed E-state index contributed by atoms with van der Waals surface area (Å²) in [6.45, 7) is 6.73. The summed E-state index contributed by atoms with van der Waals surface area (Å²) >= 11 is 1.36. The molecule has 4 heteroatoms. The SMILES string of the molecule is CCN(Cc1ccccc1)Cc1cc(C(=O)O)sc1C. The lowest BCUT2D eigenvalue weighted by molar-refractivity contribution is 0.0702. The maximum absolute atomic E-state index is 11.0. The largest absolute Gasteiger partial charge is 0.477 e. The van der Waals surface area contributed by atoms with Gasteiger partial charge in [-0.05, 0) is 30.7 Å². The fraction of sp³-hybridized carbons (Fsp3) is 0.312. The number of aryl methyl sites for hydroxylation is 1. The van der Waals surface area contributed by atoms with Crippen LogP contribution in [-0.2, 0) is 13.1 Å². The van der Waals surface area contributed by atoms with Gasteiger partial charge in [-0.2, -0.15) is 0 Å². The Bertz CT molecular complexity index is 577. The van der Waals surface area contributed by atoms with Crippen LogP contribution in [0, 0.1) is 6.92 Å². The van der Waals surface area contributed by atoms with Crippen LogP contribution >= 0.6 is 11.3 Å². The molecule has 0 unspecified atom stereocenters. The quantitative estimate of drug-likeness (QED) is 0.880. The fourth-order valence-corrected chi connectivity index (χ4v) is 3.02. The van der Waals surface area contributed by atoms with Crippen molar-refractivity contribution in [2.45, 2.75) is 26.9 Å². The summed E-state index contributed by atoms with van der Waals surface area (Å²) in [5.41, 5.74) is 2.39. The molecular formula is C16H19NO2S. The summed E-state index contributed by atoms with van der Waals surface area (Å²) in [4.78, 5) is 14.8. The molecule has 106 valence electrons. The van der Waals surface area contributed by atoms with E-state index in [4.69, 9.17) is 5.11 Å². The average Bonchev–Trinajstić information content (AvgIpc) is 2.81. The van der Waals surface area contributed by atoms with Gasteiger partial charge in [0.2, 0.25) is 0 Å². The van der Waals surface area contributed by atoms with Crippen LogP contribution in [0.3, 0.4) is 0 Å². The Labute approximate surface area is 123 Å². The van der Waals surface area contributed by atoms with E-state index in [0.29, 0.717) is 4.88 Å². The summed E-state index contributed by atoms with van der Waals surface area (Å²) in [5.74, 6) is -0.838. The first-order valence-corrected chi connectivity index (χ1v) is 7.50. The van der Waals surface area contributed by atoms with Gasteiger partial charge in [0.25, 0.3) is 0 Å². The van der Waals surface area contributed by atoms with Gasteiger partial charge in [-0.25, -0.2) is 4.79 Å². The summed E-state index contributed by atoms with van der Waals surface area (Å²) in [6, 6.07) is 12.1. The molecule has 0 amide bonds. The van der Waals surface area contributed by atoms with E-state index in [1.165, 1.54) is 16.9 Å². The zero-order chi connectivity index (χ0) is 14.5. The Morgan fingerprint density at radius 3 is 2.50 bits per heavy atom. The van der Waals surface area contributed by atoms with E-state index in [0.717, 1.165) is 30.1 Å². The van der Waals surface area contributed by atoms with Crippen molar-refractivity contribution in [1.82, 2.24) is 4.90 Å². The predicted octanol–water partition coefficient (Wildman–Crippen LogP) is 3.78. The lowest BCUT2D eigenvalue weighted by atomic mass is 10.2. The van der Waals surface area contributed by atoms with E-state index in [2.05, 4.69) is 24.0 Å². The molecule has 0 saturated carbocycles. The molecule has 0 aliphatic heterocycles. The highest BCUT2D eigenvalue weighted by Crippen LogP contribution is 2.23. The van der Waals surface area contributed by atoms with Gasteiger partial charge in [-0.15, -0.1) is 11.3 Å². The van der Waals surface area contributed by atoms with E-state index in [9.17, 15) is 4.79 Å². The minimum Gasteiger partial charge on any atom is -0.477 e. The van der Waals surface area contributed by atoms with Gasteiger partial charge in [-0.3, -0.25) is 4.90 Å². The Hall–Kier alpha value is -1.65. The number of carboxylic acid groups (broad SMARTS) is 1. The van der Waals surface area contributed by atoms with E-state index in [1.807, 2.05) is 25.1 Å². The molecule has 0 aliphatic rings. The molecule has 2 aromatic rings. The monoisotopic (exact) mass is 289 g/mol. The molecule has 1 N–H and O–H groups in total. The van der Waals surface area contributed by atoms with Crippen LogP contribution in [0.4, 0.5) is 0 Å². The predicted molar refractivity (Wildman–Crippen MR) is 82.2 cm³/mol. The summed E-state index contributed by atoms with van der Waals surface area (Å²) in [7, 11) is 0. The lowest BCUT2D eigenvalue weighted by Gasteiger charge is -2.20. The van der Waals surface area contributed by atoms with Crippen LogP contribution in [0.15, 0.2) is 36.4 Å². The minimum absolute atomic E-state index is 0.424. The molecule has 0 radical (unpaired) electrons. The first-order chi connectivity index (χ1) is 9.60. The number of carbonyl (C=O) groups is 1. The molecular weight excluding hydrogens is 270 g/mol. The van der Waals surface area contributed by atoms with E-state index in [1.54, 1.807) is 6.07 Å². The molecule has 0 bridgehead atoms. The van der Waals surface area contributed by atoms with Gasteiger partial charge < -0.3 is 5.11 Å². The van der Waals surface area contributed by atoms with Crippen molar-refractivity contribution < 1.29 is 9.90 Å². The van der Waals surface area contributed by atoms with Crippen LogP contribution in [0.2, 0.25) is 0 Å². The highest BCUT2D eigenvalue weighted by Gasteiger charge is 2.13. The summed E-state index contributed by atoms with van der Waals surface area (Å²) in [6.07, 6.45) is 0. The molecule has 20 heavy (non-hydrogen) atoms. The van der Waals surface area contributed by atoms with Gasteiger partial charge in [0, 0.05) is 18.0 Å². The fourth-order valence-electron chi connectivity index (χ4n) is 2.14. The Kier molecular flexibility index (Phi) is 4.93. The molecule has 0 fully saturated rings. The number of hydrogen-bond acceptors (Lipinski definition) is 3. The van der Waals surface area contributed by atoms with Crippen LogP contribution in [0.1, 0.15) is 32.6 Å². The third-order valence-corrected chi connectivity index (χ3v) is 4.40. The normalized spacial score (nSPS) is 10.9. The van der Waals surface area contributed by atoms with Crippen molar-refractivity contribution in [3.63, 3.8) is 0 Å². The Morgan fingerprint density at radius 2 is 1.95 bits per heavy atom. The highest BCUT2D eigenvalue weighted by molar-refractivity contribution is 7.14. The summed E-state index contributed by atoms with van der Waals surface area (Å²) < 4.78 is 0. The van der Waals surface area contributed by atoms with E-state index < -0.39 is 5.97 Å². The number of carboxylic acids is 1. The molecule has 1 heterocycles. The van der Waals surface area contributed by atoms with E-state index >= 15 is 0 Å². The van der Waals surface area contributed by atoms with Crippen LogP contribution < -0.4 is 0 Å². The first kappa shape index (κ1) is 14.8. The average molecular weight is 289 g/mol. The van der Waals surface area contributed by atoms with Crippen LogP contribution in [0.25, 0.3) is 0 Å². The number of rotatable bonds is 6. The number of benzene rings is 1. The van der Waals surface area contributed by atoms with Gasteiger partial charge in [-0.1, -0.05) is 37.3 Å². The number of hydrogen-bond donors (Lipinski definition) is 1. The summed E-state index contributed by atoms with van der Waals surface area (Å²) in [5, 5.41) is 9.05. The minimum atomic E-state index is -0.838. The maximum Gasteiger partial charge on any atom is 0.345 e. The number of thiophene rings is 1. The molecule has 1 aromatic heterocycles. The van der Waals surface area contributed by atoms with Crippen molar-refractivity contribution in [3.8, 4) is 0 Å². The van der Waals surface area contributed by atoms with Crippen LogP contribution in [-0.4, -0.2) is 22.5 Å². The third-order valence-electron chi connectivity index (χ3n) is 3.32. The molecule has 0 saturated heterocycles. The molecule has 0 spiro atoms. The van der Waals surface area contributed by atoms with Gasteiger partial charge in [0.05, 0.1) is 0 Å². The second-order valence-corrected chi connectivity index (χ2v) is 6.04. The second-order valence-electron chi connectivity index (χ2n) is 4.79.